The molecule has 2 atom stereocenters. The first-order valence-electron chi connectivity index (χ1n) is 5.29. The van der Waals surface area contributed by atoms with Crippen LogP contribution >= 0.6 is 11.8 Å². The molecule has 1 N–H and O–H groups in total. The Balaban J connectivity index is 2.56. The van der Waals surface area contributed by atoms with Gasteiger partial charge in [0, 0.05) is 5.75 Å². The predicted octanol–water partition coefficient (Wildman–Crippen LogP) is 0.534. The highest BCUT2D eigenvalue weighted by atomic mass is 32.2. The van der Waals surface area contributed by atoms with E-state index in [1.807, 2.05) is 0 Å². The van der Waals surface area contributed by atoms with Crippen molar-refractivity contribution >= 4 is 23.7 Å². The summed E-state index contributed by atoms with van der Waals surface area (Å²) in [6.07, 6.45) is 0. The average molecular weight is 247 g/mol. The lowest BCUT2D eigenvalue weighted by atomic mass is 10.2. The van der Waals surface area contributed by atoms with Crippen molar-refractivity contribution in [3.8, 4) is 0 Å². The first-order valence-corrected chi connectivity index (χ1v) is 6.27. The largest absolute Gasteiger partial charge is 0.465 e. The molecule has 0 saturated carbocycles. The summed E-state index contributed by atoms with van der Waals surface area (Å²) in [5.74, 6) is -0.136. The van der Waals surface area contributed by atoms with Crippen LogP contribution in [0.3, 0.4) is 0 Å². The van der Waals surface area contributed by atoms with Crippen LogP contribution < -0.4 is 5.32 Å². The quantitative estimate of drug-likeness (QED) is 0.731. The van der Waals surface area contributed by atoms with Crippen molar-refractivity contribution in [2.45, 2.75) is 31.7 Å². The van der Waals surface area contributed by atoms with Crippen LogP contribution in [0.1, 0.15) is 20.8 Å². The molecule has 0 unspecified atom stereocenters. The van der Waals surface area contributed by atoms with Crippen molar-refractivity contribution in [3.05, 3.63) is 0 Å². The third kappa shape index (κ3) is 2.89. The lowest BCUT2D eigenvalue weighted by Gasteiger charge is -2.21. The summed E-state index contributed by atoms with van der Waals surface area (Å²) < 4.78 is 9.83. The van der Waals surface area contributed by atoms with E-state index < -0.39 is 10.9 Å². The van der Waals surface area contributed by atoms with Gasteiger partial charge in [-0.25, -0.2) is 4.79 Å². The van der Waals surface area contributed by atoms with Crippen LogP contribution in [0, 0.1) is 0 Å². The SMILES string of the molecule is CCOC(=O)[C@@H]1CS[C@@](C)(C(=O)OCC)N1. The maximum atomic E-state index is 11.6. The molecule has 5 nitrogen and oxygen atoms in total. The molecule has 1 aliphatic rings. The molecule has 1 heterocycles. The number of carbonyl (C=O) groups is 2. The zero-order chi connectivity index (χ0) is 12.2. The second-order valence-corrected chi connectivity index (χ2v) is 4.95. The Bertz CT molecular complexity index is 284. The summed E-state index contributed by atoms with van der Waals surface area (Å²) >= 11 is 1.37. The number of nitrogens with one attached hydrogen (secondary N) is 1. The van der Waals surface area contributed by atoms with E-state index in [2.05, 4.69) is 5.32 Å². The minimum Gasteiger partial charge on any atom is -0.465 e. The maximum Gasteiger partial charge on any atom is 0.336 e. The summed E-state index contributed by atoms with van der Waals surface area (Å²) in [6, 6.07) is -0.431. The van der Waals surface area contributed by atoms with Crippen LogP contribution in [0.15, 0.2) is 0 Å². The molecule has 0 aliphatic carbocycles. The molecule has 0 aromatic rings. The fraction of sp³-hybridized carbons (Fsp3) is 0.800. The van der Waals surface area contributed by atoms with Crippen LogP contribution in [0.25, 0.3) is 0 Å². The van der Waals surface area contributed by atoms with Gasteiger partial charge in [-0.15, -0.1) is 11.8 Å². The number of rotatable bonds is 4. The summed E-state index contributed by atoms with van der Waals surface area (Å²) in [6.45, 7) is 5.90. The second kappa shape index (κ2) is 5.54. The molecule has 1 fully saturated rings. The fourth-order valence-electron chi connectivity index (χ4n) is 1.42. The molecule has 0 bridgehead atoms. The molecule has 0 radical (unpaired) electrons. The molecular weight excluding hydrogens is 230 g/mol. The standard InChI is InChI=1S/C10H17NO4S/c1-4-14-8(12)7-6-16-10(3,11-7)9(13)15-5-2/h7,11H,4-6H2,1-3H3/t7-,10-/m0/s1. The highest BCUT2D eigenvalue weighted by molar-refractivity contribution is 8.01. The normalized spacial score (nSPS) is 28.8. The smallest absolute Gasteiger partial charge is 0.336 e. The van der Waals surface area contributed by atoms with Gasteiger partial charge in [0.15, 0.2) is 4.87 Å². The Morgan fingerprint density at radius 3 is 2.56 bits per heavy atom. The Hall–Kier alpha value is -0.750. The number of hydrogen-bond acceptors (Lipinski definition) is 6. The minimum atomic E-state index is -0.840. The summed E-state index contributed by atoms with van der Waals surface area (Å²) in [5.41, 5.74) is 0. The van der Waals surface area contributed by atoms with Crippen molar-refractivity contribution in [3.63, 3.8) is 0 Å². The van der Waals surface area contributed by atoms with Crippen LogP contribution in [-0.2, 0) is 19.1 Å². The summed E-state index contributed by atoms with van der Waals surface area (Å²) in [4.78, 5) is 22.3. The Morgan fingerprint density at radius 1 is 1.38 bits per heavy atom. The molecule has 0 aromatic carbocycles. The molecule has 16 heavy (non-hydrogen) atoms. The second-order valence-electron chi connectivity index (χ2n) is 3.51. The molecule has 6 heteroatoms. The molecule has 0 amide bonds. The van der Waals surface area contributed by atoms with Gasteiger partial charge in [0.1, 0.15) is 6.04 Å². The minimum absolute atomic E-state index is 0.317. The zero-order valence-corrected chi connectivity index (χ0v) is 10.6. The van der Waals surface area contributed by atoms with Crippen molar-refractivity contribution in [1.82, 2.24) is 5.32 Å². The maximum absolute atomic E-state index is 11.6. The van der Waals surface area contributed by atoms with Crippen molar-refractivity contribution in [2.75, 3.05) is 19.0 Å². The van der Waals surface area contributed by atoms with E-state index in [4.69, 9.17) is 9.47 Å². The van der Waals surface area contributed by atoms with Crippen LogP contribution in [-0.4, -0.2) is 41.8 Å². The Kier molecular flexibility index (Phi) is 4.61. The third-order valence-corrected chi connectivity index (χ3v) is 3.59. The Labute approximate surface area is 99.2 Å². The topological polar surface area (TPSA) is 64.6 Å². The van der Waals surface area contributed by atoms with Gasteiger partial charge in [-0.05, 0) is 20.8 Å². The van der Waals surface area contributed by atoms with Crippen molar-refractivity contribution < 1.29 is 19.1 Å². The predicted molar refractivity (Wildman–Crippen MR) is 61.1 cm³/mol. The van der Waals surface area contributed by atoms with E-state index in [1.165, 1.54) is 11.8 Å². The molecule has 0 aromatic heterocycles. The van der Waals surface area contributed by atoms with Crippen LogP contribution in [0.2, 0.25) is 0 Å². The van der Waals surface area contributed by atoms with E-state index in [9.17, 15) is 9.59 Å². The molecule has 92 valence electrons. The van der Waals surface area contributed by atoms with E-state index in [0.29, 0.717) is 19.0 Å². The molecule has 1 rings (SSSR count). The number of carbonyl (C=O) groups excluding carboxylic acids is 2. The third-order valence-electron chi connectivity index (χ3n) is 2.22. The number of thioether (sulfide) groups is 1. The van der Waals surface area contributed by atoms with E-state index in [1.54, 1.807) is 20.8 Å². The van der Waals surface area contributed by atoms with Gasteiger partial charge in [-0.2, -0.15) is 0 Å². The molecule has 0 spiro atoms. The van der Waals surface area contributed by atoms with E-state index >= 15 is 0 Å². The van der Waals surface area contributed by atoms with Gasteiger partial charge in [-0.3, -0.25) is 10.1 Å². The van der Waals surface area contributed by atoms with E-state index in [-0.39, 0.29) is 11.9 Å². The van der Waals surface area contributed by atoms with Gasteiger partial charge >= 0.3 is 11.9 Å². The van der Waals surface area contributed by atoms with Crippen LogP contribution in [0.5, 0.6) is 0 Å². The van der Waals surface area contributed by atoms with Crippen molar-refractivity contribution in [2.24, 2.45) is 0 Å². The summed E-state index contributed by atoms with van der Waals surface area (Å²) in [5, 5.41) is 2.95. The first-order chi connectivity index (χ1) is 7.53. The zero-order valence-electron chi connectivity index (χ0n) is 9.74. The number of hydrogen-bond donors (Lipinski definition) is 1. The number of ether oxygens (including phenoxy) is 2. The molecule has 1 saturated heterocycles. The lowest BCUT2D eigenvalue weighted by molar-refractivity contribution is -0.148. The van der Waals surface area contributed by atoms with E-state index in [0.717, 1.165) is 0 Å². The van der Waals surface area contributed by atoms with Gasteiger partial charge in [0.05, 0.1) is 13.2 Å². The van der Waals surface area contributed by atoms with Crippen molar-refractivity contribution in [1.29, 1.82) is 0 Å². The number of esters is 2. The highest BCUT2D eigenvalue weighted by Crippen LogP contribution is 2.31. The Morgan fingerprint density at radius 2 is 2.00 bits per heavy atom. The monoisotopic (exact) mass is 247 g/mol. The van der Waals surface area contributed by atoms with Crippen LogP contribution in [0.4, 0.5) is 0 Å². The highest BCUT2D eigenvalue weighted by Gasteiger charge is 2.45. The first kappa shape index (κ1) is 13.3. The average Bonchev–Trinajstić information content (AvgIpc) is 2.63. The summed E-state index contributed by atoms with van der Waals surface area (Å²) in [7, 11) is 0. The van der Waals surface area contributed by atoms with Gasteiger partial charge < -0.3 is 9.47 Å². The molecular formula is C10H17NO4S. The fourth-order valence-corrected chi connectivity index (χ4v) is 2.54. The van der Waals surface area contributed by atoms with Gasteiger partial charge in [-0.1, -0.05) is 0 Å². The van der Waals surface area contributed by atoms with Gasteiger partial charge in [0.25, 0.3) is 0 Å². The lowest BCUT2D eigenvalue weighted by Crippen LogP contribution is -2.49. The molecule has 1 aliphatic heterocycles. The van der Waals surface area contributed by atoms with Gasteiger partial charge in [0.2, 0.25) is 0 Å².